The molecule has 0 fully saturated rings. The van der Waals surface area contributed by atoms with E-state index in [2.05, 4.69) is 10.4 Å². The van der Waals surface area contributed by atoms with Gasteiger partial charge in [0.2, 0.25) is 0 Å². The maximum absolute atomic E-state index is 12.2. The van der Waals surface area contributed by atoms with Gasteiger partial charge in [-0.25, -0.2) is 0 Å². The van der Waals surface area contributed by atoms with E-state index in [1.807, 2.05) is 0 Å². The molecular formula is C7H10F3N3. The van der Waals surface area contributed by atoms with Crippen LogP contribution in [0.1, 0.15) is 11.4 Å². The predicted molar refractivity (Wildman–Crippen MR) is 41.0 cm³/mol. The third-order valence-corrected chi connectivity index (χ3v) is 1.58. The number of hydrogen-bond donors (Lipinski definition) is 1. The third kappa shape index (κ3) is 2.21. The van der Waals surface area contributed by atoms with Crippen LogP contribution in [-0.2, 0) is 19.8 Å². The van der Waals surface area contributed by atoms with Gasteiger partial charge in [0.05, 0.1) is 5.69 Å². The van der Waals surface area contributed by atoms with E-state index in [1.165, 1.54) is 7.05 Å². The van der Waals surface area contributed by atoms with Crippen molar-refractivity contribution >= 4 is 0 Å². The predicted octanol–water partition coefficient (Wildman–Crippen LogP) is 1.16. The van der Waals surface area contributed by atoms with Crippen LogP contribution in [0.3, 0.4) is 0 Å². The first-order chi connectivity index (χ1) is 5.95. The van der Waals surface area contributed by atoms with Gasteiger partial charge in [-0.05, 0) is 13.1 Å². The van der Waals surface area contributed by atoms with E-state index >= 15 is 0 Å². The number of halogens is 3. The number of aromatic nitrogens is 2. The van der Waals surface area contributed by atoms with E-state index in [4.69, 9.17) is 0 Å². The molecule has 13 heavy (non-hydrogen) atoms. The Morgan fingerprint density at radius 3 is 2.54 bits per heavy atom. The van der Waals surface area contributed by atoms with Crippen LogP contribution in [0.4, 0.5) is 13.2 Å². The molecule has 0 unspecified atom stereocenters. The fraction of sp³-hybridized carbons (Fsp3) is 0.571. The molecule has 6 heteroatoms. The summed E-state index contributed by atoms with van der Waals surface area (Å²) >= 11 is 0. The normalized spacial score (nSPS) is 12.1. The Morgan fingerprint density at radius 1 is 1.54 bits per heavy atom. The second kappa shape index (κ2) is 3.37. The highest BCUT2D eigenvalue weighted by Gasteiger charge is 2.34. The molecule has 0 saturated heterocycles. The lowest BCUT2D eigenvalue weighted by atomic mass is 10.3. The number of aryl methyl sites for hydroxylation is 1. The number of hydrogen-bond acceptors (Lipinski definition) is 2. The summed E-state index contributed by atoms with van der Waals surface area (Å²) in [5.41, 5.74) is -0.338. The SMILES string of the molecule is CNCc1cc(C(F)(F)F)n(C)n1. The van der Waals surface area contributed by atoms with Crippen LogP contribution in [0.15, 0.2) is 6.07 Å². The minimum Gasteiger partial charge on any atom is -0.314 e. The Hall–Kier alpha value is -1.04. The third-order valence-electron chi connectivity index (χ3n) is 1.58. The van der Waals surface area contributed by atoms with Crippen LogP contribution in [-0.4, -0.2) is 16.8 Å². The van der Waals surface area contributed by atoms with Crippen LogP contribution in [0.5, 0.6) is 0 Å². The summed E-state index contributed by atoms with van der Waals surface area (Å²) in [5.74, 6) is 0. The van der Waals surface area contributed by atoms with Gasteiger partial charge in [-0.2, -0.15) is 18.3 Å². The van der Waals surface area contributed by atoms with E-state index < -0.39 is 11.9 Å². The van der Waals surface area contributed by atoms with E-state index in [0.717, 1.165) is 10.7 Å². The van der Waals surface area contributed by atoms with E-state index in [0.29, 0.717) is 12.2 Å². The van der Waals surface area contributed by atoms with Crippen molar-refractivity contribution in [1.29, 1.82) is 0 Å². The fourth-order valence-electron chi connectivity index (χ4n) is 1.06. The van der Waals surface area contributed by atoms with Crippen LogP contribution in [0, 0.1) is 0 Å². The van der Waals surface area contributed by atoms with Gasteiger partial charge in [0.15, 0.2) is 0 Å². The summed E-state index contributed by atoms with van der Waals surface area (Å²) in [6, 6.07) is 1.04. The molecule has 0 amide bonds. The number of rotatable bonds is 2. The standard InChI is InChI=1S/C7H10F3N3/c1-11-4-5-3-6(7(8,9)10)13(2)12-5/h3,11H,4H2,1-2H3. The van der Waals surface area contributed by atoms with Crippen LogP contribution < -0.4 is 5.32 Å². The zero-order chi connectivity index (χ0) is 10.1. The molecule has 1 heterocycles. The summed E-state index contributed by atoms with van der Waals surface area (Å²) in [7, 11) is 2.93. The monoisotopic (exact) mass is 193 g/mol. The van der Waals surface area contributed by atoms with Gasteiger partial charge in [-0.15, -0.1) is 0 Å². The molecule has 0 atom stereocenters. The molecule has 1 aromatic rings. The zero-order valence-electron chi connectivity index (χ0n) is 7.31. The van der Waals surface area contributed by atoms with Crippen LogP contribution in [0.2, 0.25) is 0 Å². The van der Waals surface area contributed by atoms with Crippen molar-refractivity contribution in [2.45, 2.75) is 12.7 Å². The van der Waals surface area contributed by atoms with Crippen molar-refractivity contribution in [1.82, 2.24) is 15.1 Å². The van der Waals surface area contributed by atoms with Crippen LogP contribution in [0.25, 0.3) is 0 Å². The Labute approximate surface area is 73.5 Å². The average Bonchev–Trinajstić information content (AvgIpc) is 2.30. The van der Waals surface area contributed by atoms with Gasteiger partial charge >= 0.3 is 6.18 Å². The van der Waals surface area contributed by atoms with Crippen molar-refractivity contribution in [3.63, 3.8) is 0 Å². The molecule has 0 aliphatic carbocycles. The lowest BCUT2D eigenvalue weighted by Crippen LogP contribution is -2.11. The Kier molecular flexibility index (Phi) is 2.60. The van der Waals surface area contributed by atoms with Gasteiger partial charge in [0, 0.05) is 13.6 Å². The van der Waals surface area contributed by atoms with E-state index in [1.54, 1.807) is 7.05 Å². The Balaban J connectivity index is 2.96. The van der Waals surface area contributed by atoms with Crippen LogP contribution >= 0.6 is 0 Å². The molecule has 1 N–H and O–H groups in total. The second-order valence-electron chi connectivity index (χ2n) is 2.67. The fourth-order valence-corrected chi connectivity index (χ4v) is 1.06. The summed E-state index contributed by atoms with van der Waals surface area (Å²) in [4.78, 5) is 0. The molecule has 0 saturated carbocycles. The first-order valence-corrected chi connectivity index (χ1v) is 3.70. The van der Waals surface area contributed by atoms with Crippen molar-refractivity contribution in [3.8, 4) is 0 Å². The summed E-state index contributed by atoms with van der Waals surface area (Å²) in [6.45, 7) is 0.337. The lowest BCUT2D eigenvalue weighted by molar-refractivity contribution is -0.143. The molecule has 1 rings (SSSR count). The van der Waals surface area contributed by atoms with E-state index in [9.17, 15) is 13.2 Å². The van der Waals surface area contributed by atoms with E-state index in [-0.39, 0.29) is 0 Å². The molecule has 0 aliphatic rings. The molecule has 1 aromatic heterocycles. The highest BCUT2D eigenvalue weighted by atomic mass is 19.4. The molecular weight excluding hydrogens is 183 g/mol. The minimum atomic E-state index is -4.33. The topological polar surface area (TPSA) is 29.9 Å². The van der Waals surface area contributed by atoms with Gasteiger partial charge < -0.3 is 5.32 Å². The summed E-state index contributed by atoms with van der Waals surface area (Å²) < 4.78 is 37.5. The lowest BCUT2D eigenvalue weighted by Gasteiger charge is -2.04. The zero-order valence-corrected chi connectivity index (χ0v) is 7.31. The summed E-state index contributed by atoms with van der Waals surface area (Å²) in [5, 5.41) is 6.43. The Bertz CT molecular complexity index is 290. The minimum absolute atomic E-state index is 0.337. The van der Waals surface area contributed by atoms with Gasteiger partial charge in [-0.1, -0.05) is 0 Å². The van der Waals surface area contributed by atoms with Crippen molar-refractivity contribution < 1.29 is 13.2 Å². The van der Waals surface area contributed by atoms with Gasteiger partial charge in [-0.3, -0.25) is 4.68 Å². The van der Waals surface area contributed by atoms with Gasteiger partial charge in [0.1, 0.15) is 5.69 Å². The van der Waals surface area contributed by atoms with Crippen molar-refractivity contribution in [3.05, 3.63) is 17.5 Å². The molecule has 0 aliphatic heterocycles. The number of nitrogens with zero attached hydrogens (tertiary/aromatic N) is 2. The number of alkyl halides is 3. The molecule has 0 spiro atoms. The Morgan fingerprint density at radius 2 is 2.15 bits per heavy atom. The van der Waals surface area contributed by atoms with Crippen molar-refractivity contribution in [2.24, 2.45) is 7.05 Å². The molecule has 0 bridgehead atoms. The number of nitrogens with one attached hydrogen (secondary N) is 1. The second-order valence-corrected chi connectivity index (χ2v) is 2.67. The maximum Gasteiger partial charge on any atom is 0.433 e. The van der Waals surface area contributed by atoms with Gasteiger partial charge in [0.25, 0.3) is 0 Å². The maximum atomic E-state index is 12.2. The molecule has 3 nitrogen and oxygen atoms in total. The first kappa shape index (κ1) is 10.0. The quantitative estimate of drug-likeness (QED) is 0.763. The first-order valence-electron chi connectivity index (χ1n) is 3.70. The molecule has 0 radical (unpaired) electrons. The highest BCUT2D eigenvalue weighted by Crippen LogP contribution is 2.29. The van der Waals surface area contributed by atoms with Crippen molar-refractivity contribution in [2.75, 3.05) is 7.05 Å². The summed E-state index contributed by atoms with van der Waals surface area (Å²) in [6.07, 6.45) is -4.33. The largest absolute Gasteiger partial charge is 0.433 e. The highest BCUT2D eigenvalue weighted by molar-refractivity contribution is 5.12. The molecule has 0 aromatic carbocycles. The average molecular weight is 193 g/mol. The molecule has 74 valence electrons. The smallest absolute Gasteiger partial charge is 0.314 e.